The lowest BCUT2D eigenvalue weighted by atomic mass is 9.94. The number of nitrogens with one attached hydrogen (secondary N) is 5. The average molecular weight is 915 g/mol. The first-order chi connectivity index (χ1) is 31.0. The van der Waals surface area contributed by atoms with E-state index < -0.39 is 83.7 Å². The molecule has 0 radical (unpaired) electrons. The maximum atomic E-state index is 14.2. The Labute approximate surface area is 383 Å². The molecule has 3 unspecified atom stereocenters. The Hall–Kier alpha value is -7.31. The van der Waals surface area contributed by atoms with Crippen molar-refractivity contribution in [2.75, 3.05) is 19.0 Å². The van der Waals surface area contributed by atoms with Crippen LogP contribution in [0.15, 0.2) is 55.1 Å². The standard InChI is InChI=1S/C47H58N6O13/c1-12-29-21-34(40(54)50-31-17-15-30(16-18-31)39(48)53-45(59)65-27(7)62-42(56)25(4)5)33(22-36(29)61-11)32-19-20-35(41(55)49-23-28-13-14-28)51-38(32)44(58)64-26(6)63-43(57)37(24(2)3)52-46(60)66-47(8,9)10/h12,15-22,24-28,37H,1,13-14,23H2,2-11H3,(H,49,55)(H,50,54)(H,52,60)(H2,48,53,59). The molecular formula is C47H58N6O13. The Morgan fingerprint density at radius 2 is 1.45 bits per heavy atom. The second-order valence-corrected chi connectivity index (χ2v) is 17.0. The van der Waals surface area contributed by atoms with Gasteiger partial charge in [0.2, 0.25) is 12.6 Å². The number of hydrogen-bond donors (Lipinski definition) is 5. The minimum atomic E-state index is -1.53. The number of anilines is 1. The Morgan fingerprint density at radius 1 is 0.818 bits per heavy atom. The lowest BCUT2D eigenvalue weighted by Crippen LogP contribution is -2.48. The molecule has 1 saturated carbocycles. The van der Waals surface area contributed by atoms with Gasteiger partial charge in [-0.2, -0.15) is 0 Å². The summed E-state index contributed by atoms with van der Waals surface area (Å²) in [6, 6.07) is 10.5. The van der Waals surface area contributed by atoms with Crippen LogP contribution < -0.4 is 26.0 Å². The van der Waals surface area contributed by atoms with Gasteiger partial charge in [0.05, 0.1) is 13.0 Å². The number of pyridine rings is 1. The Morgan fingerprint density at radius 3 is 2.03 bits per heavy atom. The first-order valence-corrected chi connectivity index (χ1v) is 21.2. The molecule has 19 heteroatoms. The van der Waals surface area contributed by atoms with E-state index in [1.807, 2.05) is 0 Å². The second kappa shape index (κ2) is 22.5. The summed E-state index contributed by atoms with van der Waals surface area (Å²) in [6.45, 7) is 18.5. The molecule has 3 aromatic rings. The van der Waals surface area contributed by atoms with Gasteiger partial charge in [-0.25, -0.2) is 24.2 Å². The van der Waals surface area contributed by atoms with Crippen LogP contribution in [0.3, 0.4) is 0 Å². The summed E-state index contributed by atoms with van der Waals surface area (Å²) in [5, 5.41) is 18.7. The zero-order chi connectivity index (χ0) is 49.0. The summed E-state index contributed by atoms with van der Waals surface area (Å²) >= 11 is 0. The fourth-order valence-electron chi connectivity index (χ4n) is 5.95. The lowest BCUT2D eigenvalue weighted by Gasteiger charge is -2.25. The number of carbonyl (C=O) groups is 7. The predicted molar refractivity (Wildman–Crippen MR) is 242 cm³/mol. The number of amidine groups is 1. The number of amides is 4. The van der Waals surface area contributed by atoms with Crippen LogP contribution in [0.1, 0.15) is 118 Å². The lowest BCUT2D eigenvalue weighted by molar-refractivity contribution is -0.170. The molecule has 2 aromatic carbocycles. The number of nitrogens with zero attached hydrogens (tertiary/aromatic N) is 1. The van der Waals surface area contributed by atoms with Crippen LogP contribution in [-0.4, -0.2) is 90.6 Å². The molecule has 0 saturated heterocycles. The molecule has 0 spiro atoms. The van der Waals surface area contributed by atoms with E-state index in [0.29, 0.717) is 18.0 Å². The van der Waals surface area contributed by atoms with Crippen molar-refractivity contribution in [3.63, 3.8) is 0 Å². The van der Waals surface area contributed by atoms with Crippen molar-refractivity contribution in [1.82, 2.24) is 20.9 Å². The van der Waals surface area contributed by atoms with Gasteiger partial charge >= 0.3 is 30.1 Å². The third-order valence-electron chi connectivity index (χ3n) is 9.53. The highest BCUT2D eigenvalue weighted by atomic mass is 16.7. The van der Waals surface area contributed by atoms with Crippen LogP contribution in [0.5, 0.6) is 5.75 Å². The van der Waals surface area contributed by atoms with Gasteiger partial charge in [-0.15, -0.1) is 0 Å². The average Bonchev–Trinajstić information content (AvgIpc) is 4.08. The molecule has 4 rings (SSSR count). The van der Waals surface area contributed by atoms with Gasteiger partial charge in [-0.3, -0.25) is 25.1 Å². The molecule has 0 bridgehead atoms. The maximum Gasteiger partial charge on any atom is 0.415 e. The topological polar surface area (TPSA) is 260 Å². The second-order valence-electron chi connectivity index (χ2n) is 17.0. The summed E-state index contributed by atoms with van der Waals surface area (Å²) in [7, 11) is 1.40. The number of rotatable bonds is 18. The van der Waals surface area contributed by atoms with Gasteiger partial charge in [-0.1, -0.05) is 40.3 Å². The molecule has 3 atom stereocenters. The molecule has 19 nitrogen and oxygen atoms in total. The molecule has 1 fully saturated rings. The summed E-state index contributed by atoms with van der Waals surface area (Å²) in [5.74, 6) is -4.46. The molecule has 1 heterocycles. The van der Waals surface area contributed by atoms with E-state index in [-0.39, 0.29) is 45.2 Å². The Balaban J connectivity index is 1.64. The van der Waals surface area contributed by atoms with Crippen molar-refractivity contribution in [3.8, 4) is 16.9 Å². The van der Waals surface area contributed by atoms with Crippen molar-refractivity contribution in [1.29, 1.82) is 5.41 Å². The zero-order valence-electron chi connectivity index (χ0n) is 38.7. The number of esters is 3. The fourth-order valence-corrected chi connectivity index (χ4v) is 5.95. The zero-order valence-corrected chi connectivity index (χ0v) is 38.7. The number of hydrogen-bond acceptors (Lipinski definition) is 15. The van der Waals surface area contributed by atoms with Gasteiger partial charge in [0.25, 0.3) is 11.8 Å². The highest BCUT2D eigenvalue weighted by molar-refractivity contribution is 6.11. The molecule has 4 amide bonds. The molecular weight excluding hydrogens is 857 g/mol. The molecule has 1 aromatic heterocycles. The van der Waals surface area contributed by atoms with Crippen LogP contribution in [0, 0.1) is 23.2 Å². The normalized spacial score (nSPS) is 13.5. The van der Waals surface area contributed by atoms with Gasteiger partial charge in [0.1, 0.15) is 28.9 Å². The number of methoxy groups -OCH3 is 1. The van der Waals surface area contributed by atoms with Gasteiger partial charge in [0, 0.05) is 53.9 Å². The van der Waals surface area contributed by atoms with Crippen molar-refractivity contribution >= 4 is 59.5 Å². The van der Waals surface area contributed by atoms with Crippen LogP contribution in [0.25, 0.3) is 17.2 Å². The van der Waals surface area contributed by atoms with Crippen molar-refractivity contribution in [2.45, 2.75) is 99.4 Å². The predicted octanol–water partition coefficient (Wildman–Crippen LogP) is 6.98. The first-order valence-electron chi connectivity index (χ1n) is 21.2. The third kappa shape index (κ3) is 14.9. The van der Waals surface area contributed by atoms with Gasteiger partial charge in [-0.05, 0) is 94.0 Å². The van der Waals surface area contributed by atoms with Crippen LogP contribution >= 0.6 is 0 Å². The third-order valence-corrected chi connectivity index (χ3v) is 9.53. The van der Waals surface area contributed by atoms with Crippen LogP contribution in [0.4, 0.5) is 15.3 Å². The van der Waals surface area contributed by atoms with E-state index in [0.717, 1.165) is 12.8 Å². The molecule has 1 aliphatic rings. The number of alkyl carbamates (subject to hydrolysis) is 2. The number of ether oxygens (including phenoxy) is 6. The van der Waals surface area contributed by atoms with E-state index in [9.17, 15) is 33.6 Å². The van der Waals surface area contributed by atoms with E-state index in [1.54, 1.807) is 48.5 Å². The van der Waals surface area contributed by atoms with Crippen LogP contribution in [-0.2, 0) is 33.3 Å². The van der Waals surface area contributed by atoms with Crippen molar-refractivity contribution < 1.29 is 62.0 Å². The largest absolute Gasteiger partial charge is 0.496 e. The maximum absolute atomic E-state index is 14.2. The Kier molecular flexibility index (Phi) is 17.5. The van der Waals surface area contributed by atoms with Crippen molar-refractivity contribution in [3.05, 3.63) is 83.2 Å². The number of benzene rings is 2. The summed E-state index contributed by atoms with van der Waals surface area (Å²) in [5.41, 5.74) is -0.283. The number of aromatic nitrogens is 1. The molecule has 66 heavy (non-hydrogen) atoms. The summed E-state index contributed by atoms with van der Waals surface area (Å²) < 4.78 is 32.0. The van der Waals surface area contributed by atoms with E-state index in [4.69, 9.17) is 33.8 Å². The smallest absolute Gasteiger partial charge is 0.415 e. The van der Waals surface area contributed by atoms with E-state index in [1.165, 1.54) is 75.6 Å². The number of carbonyl (C=O) groups excluding carboxylic acids is 7. The van der Waals surface area contributed by atoms with Gasteiger partial charge in [0.15, 0.2) is 5.69 Å². The Bertz CT molecular complexity index is 2330. The minimum Gasteiger partial charge on any atom is -0.496 e. The summed E-state index contributed by atoms with van der Waals surface area (Å²) in [6.07, 6.45) is -1.20. The highest BCUT2D eigenvalue weighted by Crippen LogP contribution is 2.35. The monoisotopic (exact) mass is 914 g/mol. The minimum absolute atomic E-state index is 0.00784. The van der Waals surface area contributed by atoms with Crippen LogP contribution in [0.2, 0.25) is 0 Å². The molecule has 0 aliphatic heterocycles. The first kappa shape index (κ1) is 51.3. The van der Waals surface area contributed by atoms with E-state index >= 15 is 0 Å². The van der Waals surface area contributed by atoms with Crippen molar-refractivity contribution in [2.24, 2.45) is 17.8 Å². The fraction of sp³-hybridized carbons (Fsp3) is 0.426. The SMILES string of the molecule is C=Cc1cc(C(=O)Nc2ccc(C(=N)NC(=O)OC(C)OC(=O)C(C)C)cc2)c(-c2ccc(C(=O)NCC3CC3)nc2C(=O)OC(C)OC(=O)C(NC(=O)OC(C)(C)C)C(C)C)cc1OC. The molecule has 5 N–H and O–H groups in total. The van der Waals surface area contributed by atoms with Gasteiger partial charge < -0.3 is 44.4 Å². The summed E-state index contributed by atoms with van der Waals surface area (Å²) in [4.78, 5) is 96.0. The van der Waals surface area contributed by atoms with E-state index in [2.05, 4.69) is 32.8 Å². The molecule has 1 aliphatic carbocycles. The highest BCUT2D eigenvalue weighted by Gasteiger charge is 2.32. The quantitative estimate of drug-likeness (QED) is 0.0284. The molecule has 354 valence electrons.